The van der Waals surface area contributed by atoms with Gasteiger partial charge in [-0.25, -0.2) is 0 Å². The minimum Gasteiger partial charge on any atom is -0.550 e. The Balaban J connectivity index is 0. The summed E-state index contributed by atoms with van der Waals surface area (Å²) in [6, 6.07) is 0. The zero-order valence-corrected chi connectivity index (χ0v) is 9.40. The molecule has 0 amide bonds. The fourth-order valence-corrected chi connectivity index (χ4v) is 0.203. The van der Waals surface area contributed by atoms with Crippen molar-refractivity contribution in [3.8, 4) is 0 Å². The van der Waals surface area contributed by atoms with Crippen LogP contribution in [0, 0.1) is 0 Å². The molecule has 0 aliphatic rings. The molecule has 0 aliphatic carbocycles. The van der Waals surface area contributed by atoms with Gasteiger partial charge in [0.25, 0.3) is 0 Å². The van der Waals surface area contributed by atoms with Gasteiger partial charge in [-0.3, -0.25) is 4.79 Å². The first-order valence-corrected chi connectivity index (χ1v) is 1.98. The van der Waals surface area contributed by atoms with Gasteiger partial charge in [-0.15, -0.1) is 0 Å². The predicted octanol–water partition coefficient (Wildman–Crippen LogP) is -3.94. The van der Waals surface area contributed by atoms with E-state index in [4.69, 9.17) is 0 Å². The number of hydrogen-bond acceptors (Lipinski definition) is 5. The van der Waals surface area contributed by atoms with E-state index in [2.05, 4.69) is 0 Å². The summed E-state index contributed by atoms with van der Waals surface area (Å²) in [6.07, 6.45) is -1.12. The van der Waals surface area contributed by atoms with Crippen LogP contribution < -0.4 is 10.2 Å². The third-order valence-corrected chi connectivity index (χ3v) is 0.533. The third kappa shape index (κ3) is 6.30. The number of carboxylic acid groups (broad SMARTS) is 2. The van der Waals surface area contributed by atoms with Crippen molar-refractivity contribution < 1.29 is 24.6 Å². The van der Waals surface area contributed by atoms with E-state index in [9.17, 15) is 24.6 Å². The maximum Gasteiger partial charge on any atom is 2.00 e. The van der Waals surface area contributed by atoms with Crippen LogP contribution in [0.1, 0.15) is 6.42 Å². The largest absolute Gasteiger partial charge is 2.00 e. The first-order chi connectivity index (χ1) is 4.04. The Labute approximate surface area is 96.5 Å². The van der Waals surface area contributed by atoms with Gasteiger partial charge in [-0.1, -0.05) is 0 Å². The van der Waals surface area contributed by atoms with E-state index < -0.39 is 24.1 Å². The van der Waals surface area contributed by atoms with E-state index in [1.165, 1.54) is 0 Å². The Kier molecular flexibility index (Phi) is 7.60. The van der Waals surface area contributed by atoms with Gasteiger partial charge in [0.15, 0.2) is 5.78 Å². The first-order valence-electron chi connectivity index (χ1n) is 1.98. The van der Waals surface area contributed by atoms with Gasteiger partial charge in [-0.05, 0) is 0 Å². The molecule has 0 fully saturated rings. The molecule has 0 heterocycles. The van der Waals surface area contributed by atoms with Crippen LogP contribution in [0.4, 0.5) is 0 Å². The number of carbonyl (C=O) groups excluding carboxylic acids is 3. The zero-order chi connectivity index (χ0) is 7.44. The van der Waals surface area contributed by atoms with Crippen molar-refractivity contribution in [2.75, 3.05) is 0 Å². The Morgan fingerprint density at radius 2 is 1.50 bits per heavy atom. The summed E-state index contributed by atoms with van der Waals surface area (Å²) in [5, 5.41) is 19.0. The fraction of sp³-hybridized carbons (Fsp3) is 0.250. The Hall–Kier alpha value is 0.181. The molecule has 0 saturated heterocycles. The summed E-state index contributed by atoms with van der Waals surface area (Å²) in [5.74, 6) is -5.20. The molecule has 0 aromatic carbocycles. The quantitative estimate of drug-likeness (QED) is 0.295. The average molecular weight is 267 g/mol. The zero-order valence-electron chi connectivity index (χ0n) is 4.96. The molecular formula is C4H2BaO5. The van der Waals surface area contributed by atoms with Gasteiger partial charge in [0.05, 0.1) is 6.42 Å². The standard InChI is InChI=1S/C4H4O5.Ba/c5-2(4(8)9)1-3(6)7;/h1H2,(H,6,7)(H,8,9);/q;+2/p-2. The van der Waals surface area contributed by atoms with Crippen molar-refractivity contribution in [3.63, 3.8) is 0 Å². The molecular weight excluding hydrogens is 265 g/mol. The monoisotopic (exact) mass is 268 g/mol. The minimum atomic E-state index is -2.00. The van der Waals surface area contributed by atoms with Crippen molar-refractivity contribution in [2.45, 2.75) is 6.42 Å². The second-order valence-electron chi connectivity index (χ2n) is 1.26. The molecule has 0 aromatic heterocycles. The van der Waals surface area contributed by atoms with E-state index in [1.807, 2.05) is 0 Å². The van der Waals surface area contributed by atoms with Gasteiger partial charge in [-0.2, -0.15) is 0 Å². The topological polar surface area (TPSA) is 97.3 Å². The molecule has 0 rings (SSSR count). The molecule has 6 heteroatoms. The van der Waals surface area contributed by atoms with Gasteiger partial charge >= 0.3 is 48.9 Å². The summed E-state index contributed by atoms with van der Waals surface area (Å²) < 4.78 is 0. The third-order valence-electron chi connectivity index (χ3n) is 0.533. The molecule has 0 unspecified atom stereocenters. The van der Waals surface area contributed by atoms with E-state index in [0.29, 0.717) is 0 Å². The number of rotatable bonds is 3. The van der Waals surface area contributed by atoms with Crippen LogP contribution in [0.5, 0.6) is 0 Å². The number of hydrogen-bond donors (Lipinski definition) is 0. The number of carboxylic acids is 2. The molecule has 5 nitrogen and oxygen atoms in total. The van der Waals surface area contributed by atoms with Crippen LogP contribution in [0.2, 0.25) is 0 Å². The molecule has 0 spiro atoms. The molecule has 10 heavy (non-hydrogen) atoms. The Morgan fingerprint density at radius 1 is 1.10 bits per heavy atom. The fourth-order valence-electron chi connectivity index (χ4n) is 0.203. The second kappa shape index (κ2) is 5.93. The van der Waals surface area contributed by atoms with Crippen molar-refractivity contribution in [2.24, 2.45) is 0 Å². The van der Waals surface area contributed by atoms with E-state index >= 15 is 0 Å². The molecule has 0 aliphatic heterocycles. The van der Waals surface area contributed by atoms with Crippen molar-refractivity contribution in [1.29, 1.82) is 0 Å². The normalized spacial score (nSPS) is 7.60. The van der Waals surface area contributed by atoms with Crippen molar-refractivity contribution in [3.05, 3.63) is 0 Å². The number of carbonyl (C=O) groups is 3. The van der Waals surface area contributed by atoms with Crippen LogP contribution in [-0.2, 0) is 14.4 Å². The maximum absolute atomic E-state index is 9.87. The smallest absolute Gasteiger partial charge is 0.550 e. The Morgan fingerprint density at radius 3 is 1.60 bits per heavy atom. The van der Waals surface area contributed by atoms with Crippen LogP contribution in [-0.4, -0.2) is 66.6 Å². The molecule has 0 saturated carbocycles. The van der Waals surface area contributed by atoms with Crippen LogP contribution in [0.25, 0.3) is 0 Å². The summed E-state index contributed by atoms with van der Waals surface area (Å²) >= 11 is 0. The van der Waals surface area contributed by atoms with Crippen LogP contribution >= 0.6 is 0 Å². The summed E-state index contributed by atoms with van der Waals surface area (Å²) in [6.45, 7) is 0. The van der Waals surface area contributed by atoms with E-state index in [1.54, 1.807) is 0 Å². The maximum atomic E-state index is 9.87. The minimum absolute atomic E-state index is 0. The molecule has 0 N–H and O–H groups in total. The van der Waals surface area contributed by atoms with Gasteiger partial charge in [0, 0.05) is 5.97 Å². The van der Waals surface area contributed by atoms with E-state index in [0.717, 1.165) is 0 Å². The van der Waals surface area contributed by atoms with E-state index in [-0.39, 0.29) is 48.9 Å². The molecule has 50 valence electrons. The number of ketones is 1. The molecule has 0 atom stereocenters. The predicted molar refractivity (Wildman–Crippen MR) is 25.4 cm³/mol. The van der Waals surface area contributed by atoms with Crippen molar-refractivity contribution >= 4 is 66.6 Å². The molecule has 0 aromatic rings. The second-order valence-corrected chi connectivity index (χ2v) is 1.26. The first kappa shape index (κ1) is 12.8. The average Bonchev–Trinajstić information content (AvgIpc) is 1.63. The Bertz CT molecular complexity index is 163. The van der Waals surface area contributed by atoms with Crippen molar-refractivity contribution in [1.82, 2.24) is 0 Å². The van der Waals surface area contributed by atoms with Crippen LogP contribution in [0.3, 0.4) is 0 Å². The van der Waals surface area contributed by atoms with Gasteiger partial charge in [0.2, 0.25) is 0 Å². The SMILES string of the molecule is O=C([O-])CC(=O)C(=O)[O-].[Ba+2]. The van der Waals surface area contributed by atoms with Crippen LogP contribution in [0.15, 0.2) is 0 Å². The number of Topliss-reactive ketones (excluding diaryl/α,β-unsaturated/α-hetero) is 1. The van der Waals surface area contributed by atoms with Gasteiger partial charge < -0.3 is 19.8 Å². The summed E-state index contributed by atoms with van der Waals surface area (Å²) in [4.78, 5) is 28.8. The van der Waals surface area contributed by atoms with Gasteiger partial charge in [0.1, 0.15) is 5.97 Å². The number of aliphatic carboxylic acids is 2. The molecule has 0 bridgehead atoms. The molecule has 0 radical (unpaired) electrons. The summed E-state index contributed by atoms with van der Waals surface area (Å²) in [7, 11) is 0. The summed E-state index contributed by atoms with van der Waals surface area (Å²) in [5.41, 5.74) is 0.